The first-order valence-corrected chi connectivity index (χ1v) is 7.97. The summed E-state index contributed by atoms with van der Waals surface area (Å²) in [6.07, 6.45) is 0. The van der Waals surface area contributed by atoms with Crippen LogP contribution in [0.2, 0.25) is 0 Å². The molecule has 0 saturated heterocycles. The molecule has 5 heteroatoms. The number of carboxylic acids is 1. The minimum Gasteiger partial charge on any atom is -0.545 e. The number of carboxylic acid groups (broad SMARTS) is 1. The molecule has 1 aliphatic carbocycles. The molecule has 0 aromatic heterocycles. The minimum absolute atomic E-state index is 0.0549. The van der Waals surface area contributed by atoms with E-state index in [1.54, 1.807) is 48.5 Å². The van der Waals surface area contributed by atoms with Gasteiger partial charge in [0.25, 0.3) is 0 Å². The average molecular weight is 342 g/mol. The highest BCUT2D eigenvalue weighted by Gasteiger charge is 2.32. The van der Waals surface area contributed by atoms with E-state index < -0.39 is 11.8 Å². The van der Waals surface area contributed by atoms with Gasteiger partial charge in [0, 0.05) is 27.9 Å². The van der Waals surface area contributed by atoms with Gasteiger partial charge in [0.15, 0.2) is 11.6 Å². The van der Waals surface area contributed by atoms with Crippen LogP contribution in [-0.2, 0) is 0 Å². The van der Waals surface area contributed by atoms with Gasteiger partial charge in [-0.15, -0.1) is 0 Å². The SMILES string of the molecule is O=C([O-])c1ccc2c(c1Nc1ccccc1)C(=O)c1ccccc1C2=O. The van der Waals surface area contributed by atoms with Gasteiger partial charge in [-0.3, -0.25) is 9.59 Å². The van der Waals surface area contributed by atoms with Crippen molar-refractivity contribution in [2.24, 2.45) is 0 Å². The summed E-state index contributed by atoms with van der Waals surface area (Å²) < 4.78 is 0. The van der Waals surface area contributed by atoms with Gasteiger partial charge in [-0.1, -0.05) is 48.5 Å². The van der Waals surface area contributed by atoms with Crippen LogP contribution in [0.1, 0.15) is 42.2 Å². The maximum Gasteiger partial charge on any atom is 0.196 e. The summed E-state index contributed by atoms with van der Waals surface area (Å²) in [5, 5.41) is 14.6. The first-order chi connectivity index (χ1) is 12.6. The minimum atomic E-state index is -1.43. The number of anilines is 2. The molecule has 0 atom stereocenters. The lowest BCUT2D eigenvalue weighted by Crippen LogP contribution is -2.27. The standard InChI is InChI=1S/C21H13NO4/c23-19-13-8-4-5-9-14(13)20(24)17-15(19)10-11-16(21(25)26)18(17)22-12-6-2-1-3-7-12/h1-11,22H,(H,25,26)/p-1. The van der Waals surface area contributed by atoms with Crippen LogP contribution in [0.5, 0.6) is 0 Å². The van der Waals surface area contributed by atoms with E-state index in [0.717, 1.165) is 0 Å². The Labute approximate surface area is 148 Å². The normalized spacial score (nSPS) is 12.3. The lowest BCUT2D eigenvalue weighted by atomic mass is 9.82. The zero-order chi connectivity index (χ0) is 18.3. The van der Waals surface area contributed by atoms with Crippen LogP contribution in [-0.4, -0.2) is 17.5 Å². The van der Waals surface area contributed by atoms with Gasteiger partial charge >= 0.3 is 0 Å². The van der Waals surface area contributed by atoms with Crippen LogP contribution in [0.4, 0.5) is 11.4 Å². The van der Waals surface area contributed by atoms with Gasteiger partial charge in [0.2, 0.25) is 0 Å². The predicted octanol–water partition coefficient (Wildman–Crippen LogP) is 2.57. The van der Waals surface area contributed by atoms with Crippen molar-refractivity contribution in [1.29, 1.82) is 0 Å². The number of ketones is 2. The predicted molar refractivity (Wildman–Crippen MR) is 93.8 cm³/mol. The van der Waals surface area contributed by atoms with Crippen molar-refractivity contribution >= 4 is 28.9 Å². The second-order valence-electron chi connectivity index (χ2n) is 5.89. The Morgan fingerprint density at radius 2 is 1.35 bits per heavy atom. The highest BCUT2D eigenvalue weighted by atomic mass is 16.4. The first kappa shape index (κ1) is 15.8. The monoisotopic (exact) mass is 342 g/mol. The van der Waals surface area contributed by atoms with E-state index >= 15 is 0 Å². The van der Waals surface area contributed by atoms with Gasteiger partial charge in [0.1, 0.15) is 0 Å². The third-order valence-corrected chi connectivity index (χ3v) is 4.36. The van der Waals surface area contributed by atoms with E-state index in [4.69, 9.17) is 0 Å². The molecule has 0 bridgehead atoms. The van der Waals surface area contributed by atoms with Crippen LogP contribution in [0.3, 0.4) is 0 Å². The van der Waals surface area contributed by atoms with Crippen molar-refractivity contribution in [3.05, 3.63) is 94.5 Å². The summed E-state index contributed by atoms with van der Waals surface area (Å²) in [5.74, 6) is -2.13. The van der Waals surface area contributed by atoms with Crippen molar-refractivity contribution in [3.63, 3.8) is 0 Å². The number of nitrogens with one attached hydrogen (secondary N) is 1. The summed E-state index contributed by atoms with van der Waals surface area (Å²) >= 11 is 0. The number of hydrogen-bond donors (Lipinski definition) is 1. The fourth-order valence-electron chi connectivity index (χ4n) is 3.15. The number of para-hydroxylation sites is 1. The van der Waals surface area contributed by atoms with E-state index in [1.165, 1.54) is 12.1 Å². The van der Waals surface area contributed by atoms with Crippen molar-refractivity contribution in [2.75, 3.05) is 5.32 Å². The van der Waals surface area contributed by atoms with Gasteiger partial charge < -0.3 is 15.2 Å². The molecule has 26 heavy (non-hydrogen) atoms. The maximum absolute atomic E-state index is 13.0. The number of carbonyl (C=O) groups is 3. The molecule has 4 rings (SSSR count). The van der Waals surface area contributed by atoms with E-state index in [9.17, 15) is 19.5 Å². The molecule has 1 aliphatic rings. The van der Waals surface area contributed by atoms with E-state index in [0.29, 0.717) is 11.3 Å². The molecule has 0 fully saturated rings. The molecular weight excluding hydrogens is 330 g/mol. The molecular formula is C21H12NO4-. The summed E-state index contributed by atoms with van der Waals surface area (Å²) in [6, 6.07) is 18.0. The highest BCUT2D eigenvalue weighted by molar-refractivity contribution is 6.31. The molecule has 3 aromatic carbocycles. The number of rotatable bonds is 3. The Kier molecular flexibility index (Phi) is 3.62. The molecule has 1 N–H and O–H groups in total. The molecule has 5 nitrogen and oxygen atoms in total. The van der Waals surface area contributed by atoms with Crippen LogP contribution in [0.25, 0.3) is 0 Å². The third-order valence-electron chi connectivity index (χ3n) is 4.36. The van der Waals surface area contributed by atoms with E-state index in [1.807, 2.05) is 6.07 Å². The topological polar surface area (TPSA) is 86.3 Å². The van der Waals surface area contributed by atoms with Gasteiger partial charge in [0.05, 0.1) is 17.2 Å². The first-order valence-electron chi connectivity index (χ1n) is 7.97. The quantitative estimate of drug-likeness (QED) is 0.618. The van der Waals surface area contributed by atoms with Crippen LogP contribution >= 0.6 is 0 Å². The number of hydrogen-bond acceptors (Lipinski definition) is 5. The second kappa shape index (κ2) is 5.97. The number of fused-ring (bicyclic) bond motifs is 2. The summed E-state index contributed by atoms with van der Waals surface area (Å²) in [5.41, 5.74) is 1.31. The zero-order valence-electron chi connectivity index (χ0n) is 13.5. The molecule has 126 valence electrons. The molecule has 0 spiro atoms. The zero-order valence-corrected chi connectivity index (χ0v) is 13.5. The lowest BCUT2D eigenvalue weighted by molar-refractivity contribution is -0.254. The fraction of sp³-hybridized carbons (Fsp3) is 0. The average Bonchev–Trinajstić information content (AvgIpc) is 2.66. The molecule has 0 aliphatic heterocycles. The van der Waals surface area contributed by atoms with Gasteiger partial charge in [-0.05, 0) is 18.2 Å². The van der Waals surface area contributed by atoms with Gasteiger partial charge in [-0.25, -0.2) is 0 Å². The van der Waals surface area contributed by atoms with E-state index in [2.05, 4.69) is 5.32 Å². The fourth-order valence-corrected chi connectivity index (χ4v) is 3.15. The largest absolute Gasteiger partial charge is 0.545 e. The lowest BCUT2D eigenvalue weighted by Gasteiger charge is -2.23. The summed E-state index contributed by atoms with van der Waals surface area (Å²) in [6.45, 7) is 0. The molecule has 0 amide bonds. The number of aromatic carboxylic acids is 1. The maximum atomic E-state index is 13.0. The summed E-state index contributed by atoms with van der Waals surface area (Å²) in [7, 11) is 0. The molecule has 0 heterocycles. The van der Waals surface area contributed by atoms with Crippen molar-refractivity contribution in [1.82, 2.24) is 0 Å². The van der Waals surface area contributed by atoms with E-state index in [-0.39, 0.29) is 33.7 Å². The Hall–Kier alpha value is -3.73. The Morgan fingerprint density at radius 3 is 2.00 bits per heavy atom. The Morgan fingerprint density at radius 1 is 0.731 bits per heavy atom. The summed E-state index contributed by atoms with van der Waals surface area (Å²) in [4.78, 5) is 37.4. The molecule has 3 aromatic rings. The van der Waals surface area contributed by atoms with Crippen molar-refractivity contribution < 1.29 is 19.5 Å². The molecule has 0 saturated carbocycles. The van der Waals surface area contributed by atoms with Crippen LogP contribution in [0, 0.1) is 0 Å². The highest BCUT2D eigenvalue weighted by Crippen LogP contribution is 2.35. The second-order valence-corrected chi connectivity index (χ2v) is 5.89. The van der Waals surface area contributed by atoms with Gasteiger partial charge in [-0.2, -0.15) is 0 Å². The third kappa shape index (κ3) is 2.38. The number of benzene rings is 3. The number of carbonyl (C=O) groups excluding carboxylic acids is 3. The Balaban J connectivity index is 1.97. The Bertz CT molecular complexity index is 1070. The molecule has 0 unspecified atom stereocenters. The van der Waals surface area contributed by atoms with Crippen LogP contribution < -0.4 is 10.4 Å². The van der Waals surface area contributed by atoms with Crippen LogP contribution in [0.15, 0.2) is 66.7 Å². The smallest absolute Gasteiger partial charge is 0.196 e. The van der Waals surface area contributed by atoms with Crippen molar-refractivity contribution in [2.45, 2.75) is 0 Å². The van der Waals surface area contributed by atoms with Crippen molar-refractivity contribution in [3.8, 4) is 0 Å². The molecule has 0 radical (unpaired) electrons.